The van der Waals surface area contributed by atoms with Crippen LogP contribution in [0.3, 0.4) is 0 Å². The summed E-state index contributed by atoms with van der Waals surface area (Å²) in [5.74, 6) is -0.266. The largest absolute Gasteiger partial charge is 0.469 e. The van der Waals surface area contributed by atoms with E-state index in [1.807, 2.05) is 20.8 Å². The SMILES string of the molecule is COC(=O)C/C=C/[C@H](C)[C@H](O)[C@H](CC(C)C)NC(=O)OC(C)(C)C. The van der Waals surface area contributed by atoms with Crippen molar-refractivity contribution in [1.82, 2.24) is 5.32 Å². The molecule has 0 fully saturated rings. The standard InChI is InChI=1S/C18H33NO5/c1-12(2)11-14(19-17(22)24-18(4,5)6)16(21)13(3)9-8-10-15(20)23-7/h8-9,12-14,16,21H,10-11H2,1-7H3,(H,19,22)/b9-8+/t13-,14-,16-/m0/s1. The van der Waals surface area contributed by atoms with E-state index < -0.39 is 23.8 Å². The molecule has 0 heterocycles. The van der Waals surface area contributed by atoms with Crippen LogP contribution in [0, 0.1) is 11.8 Å². The van der Waals surface area contributed by atoms with Gasteiger partial charge in [-0.2, -0.15) is 0 Å². The lowest BCUT2D eigenvalue weighted by Crippen LogP contribution is -2.48. The first-order valence-corrected chi connectivity index (χ1v) is 8.37. The fraction of sp³-hybridized carbons (Fsp3) is 0.778. The van der Waals surface area contributed by atoms with E-state index in [1.54, 1.807) is 32.9 Å². The molecule has 140 valence electrons. The average molecular weight is 343 g/mol. The Labute approximate surface area is 145 Å². The summed E-state index contributed by atoms with van der Waals surface area (Å²) in [7, 11) is 1.33. The van der Waals surface area contributed by atoms with Gasteiger partial charge in [0.05, 0.1) is 25.7 Å². The van der Waals surface area contributed by atoms with Crippen LogP contribution in [0.2, 0.25) is 0 Å². The van der Waals surface area contributed by atoms with Crippen molar-refractivity contribution in [1.29, 1.82) is 0 Å². The number of hydrogen-bond acceptors (Lipinski definition) is 5. The monoisotopic (exact) mass is 343 g/mol. The van der Waals surface area contributed by atoms with E-state index in [2.05, 4.69) is 10.1 Å². The molecule has 0 spiro atoms. The maximum absolute atomic E-state index is 12.0. The molecule has 0 saturated heterocycles. The van der Waals surface area contributed by atoms with Gasteiger partial charge in [0.25, 0.3) is 0 Å². The van der Waals surface area contributed by atoms with Crippen LogP contribution in [-0.2, 0) is 14.3 Å². The normalized spacial score (nSPS) is 15.9. The summed E-state index contributed by atoms with van der Waals surface area (Å²) in [5, 5.41) is 13.3. The number of rotatable bonds is 8. The summed E-state index contributed by atoms with van der Waals surface area (Å²) in [6.07, 6.45) is 2.87. The van der Waals surface area contributed by atoms with Crippen LogP contribution < -0.4 is 5.32 Å². The third-order valence-electron chi connectivity index (χ3n) is 3.33. The minimum Gasteiger partial charge on any atom is -0.469 e. The van der Waals surface area contributed by atoms with Gasteiger partial charge < -0.3 is 19.9 Å². The first kappa shape index (κ1) is 22.4. The first-order chi connectivity index (χ1) is 11.0. The van der Waals surface area contributed by atoms with Gasteiger partial charge in [-0.05, 0) is 33.1 Å². The Hall–Kier alpha value is -1.56. The lowest BCUT2D eigenvalue weighted by molar-refractivity contribution is -0.139. The minimum atomic E-state index is -0.784. The Morgan fingerprint density at radius 3 is 2.25 bits per heavy atom. The number of carbonyl (C=O) groups is 2. The Bertz CT molecular complexity index is 426. The van der Waals surface area contributed by atoms with Gasteiger partial charge in [-0.25, -0.2) is 4.79 Å². The molecule has 0 rings (SSSR count). The van der Waals surface area contributed by atoms with Crippen molar-refractivity contribution < 1.29 is 24.2 Å². The van der Waals surface area contributed by atoms with Gasteiger partial charge in [0.15, 0.2) is 0 Å². The Kier molecular flexibility index (Phi) is 9.66. The molecule has 3 atom stereocenters. The van der Waals surface area contributed by atoms with Crippen LogP contribution in [0.25, 0.3) is 0 Å². The summed E-state index contributed by atoms with van der Waals surface area (Å²) in [4.78, 5) is 23.1. The van der Waals surface area contributed by atoms with Crippen LogP contribution in [0.15, 0.2) is 12.2 Å². The summed E-state index contributed by atoms with van der Waals surface area (Å²) >= 11 is 0. The molecule has 0 aliphatic carbocycles. The van der Waals surface area contributed by atoms with E-state index in [0.717, 1.165) is 0 Å². The van der Waals surface area contributed by atoms with Crippen molar-refractivity contribution in [3.05, 3.63) is 12.2 Å². The lowest BCUT2D eigenvalue weighted by atomic mass is 9.91. The molecule has 6 nitrogen and oxygen atoms in total. The van der Waals surface area contributed by atoms with Gasteiger partial charge in [-0.3, -0.25) is 4.79 Å². The third-order valence-corrected chi connectivity index (χ3v) is 3.33. The molecule has 0 aromatic heterocycles. The van der Waals surface area contributed by atoms with Crippen molar-refractivity contribution in [2.24, 2.45) is 11.8 Å². The zero-order chi connectivity index (χ0) is 18.9. The summed E-state index contributed by atoms with van der Waals surface area (Å²) < 4.78 is 9.83. The minimum absolute atomic E-state index is 0.155. The van der Waals surface area contributed by atoms with E-state index in [-0.39, 0.29) is 18.3 Å². The number of aliphatic hydroxyl groups excluding tert-OH is 1. The van der Waals surface area contributed by atoms with E-state index in [9.17, 15) is 14.7 Å². The van der Waals surface area contributed by atoms with Crippen LogP contribution in [0.4, 0.5) is 4.79 Å². The van der Waals surface area contributed by atoms with Gasteiger partial charge in [0, 0.05) is 5.92 Å². The maximum Gasteiger partial charge on any atom is 0.407 e. The van der Waals surface area contributed by atoms with E-state index in [1.165, 1.54) is 7.11 Å². The summed E-state index contributed by atoms with van der Waals surface area (Å²) in [6, 6.07) is -0.433. The number of carbonyl (C=O) groups excluding carboxylic acids is 2. The molecule has 0 aliphatic heterocycles. The number of nitrogens with one attached hydrogen (secondary N) is 1. The van der Waals surface area contributed by atoms with Gasteiger partial charge in [0.1, 0.15) is 5.60 Å². The van der Waals surface area contributed by atoms with E-state index in [0.29, 0.717) is 12.3 Å². The molecule has 6 heteroatoms. The molecule has 0 aliphatic rings. The smallest absolute Gasteiger partial charge is 0.407 e. The number of aliphatic hydroxyl groups is 1. The fourth-order valence-corrected chi connectivity index (χ4v) is 2.19. The van der Waals surface area contributed by atoms with E-state index >= 15 is 0 Å². The second-order valence-electron chi connectivity index (χ2n) is 7.44. The quantitative estimate of drug-likeness (QED) is 0.523. The van der Waals surface area contributed by atoms with Crippen molar-refractivity contribution in [3.63, 3.8) is 0 Å². The molecule has 2 N–H and O–H groups in total. The molecule has 24 heavy (non-hydrogen) atoms. The number of methoxy groups -OCH3 is 1. The summed E-state index contributed by atoms with van der Waals surface area (Å²) in [6.45, 7) is 11.3. The molecular weight excluding hydrogens is 310 g/mol. The molecule has 0 aromatic rings. The van der Waals surface area contributed by atoms with Gasteiger partial charge in [-0.1, -0.05) is 32.9 Å². The predicted octanol–water partition coefficient (Wildman–Crippen LogP) is 3.04. The van der Waals surface area contributed by atoms with Crippen LogP contribution >= 0.6 is 0 Å². The van der Waals surface area contributed by atoms with Crippen LogP contribution in [-0.4, -0.2) is 42.0 Å². The molecular formula is C18H33NO5. The maximum atomic E-state index is 12.0. The van der Waals surface area contributed by atoms with E-state index in [4.69, 9.17) is 4.74 Å². The molecule has 0 aromatic carbocycles. The second-order valence-corrected chi connectivity index (χ2v) is 7.44. The highest BCUT2D eigenvalue weighted by molar-refractivity contribution is 5.70. The predicted molar refractivity (Wildman–Crippen MR) is 93.6 cm³/mol. The van der Waals surface area contributed by atoms with Gasteiger partial charge >= 0.3 is 12.1 Å². The zero-order valence-corrected chi connectivity index (χ0v) is 16.0. The fourth-order valence-electron chi connectivity index (χ4n) is 2.19. The Balaban J connectivity index is 4.83. The number of amides is 1. The van der Waals surface area contributed by atoms with Crippen molar-refractivity contribution in [2.45, 2.75) is 72.1 Å². The number of esters is 1. The molecule has 0 unspecified atom stereocenters. The third kappa shape index (κ3) is 10.3. The topological polar surface area (TPSA) is 84.9 Å². The average Bonchev–Trinajstić information content (AvgIpc) is 2.42. The first-order valence-electron chi connectivity index (χ1n) is 8.37. The van der Waals surface area contributed by atoms with Crippen molar-refractivity contribution in [2.75, 3.05) is 7.11 Å². The zero-order valence-electron chi connectivity index (χ0n) is 16.0. The van der Waals surface area contributed by atoms with Gasteiger partial charge in [-0.15, -0.1) is 0 Å². The number of alkyl carbamates (subject to hydrolysis) is 1. The van der Waals surface area contributed by atoms with Crippen molar-refractivity contribution in [3.8, 4) is 0 Å². The van der Waals surface area contributed by atoms with Gasteiger partial charge in [0.2, 0.25) is 0 Å². The molecule has 0 bridgehead atoms. The molecule has 0 radical (unpaired) electrons. The van der Waals surface area contributed by atoms with Crippen LogP contribution in [0.5, 0.6) is 0 Å². The van der Waals surface area contributed by atoms with Crippen molar-refractivity contribution >= 4 is 12.1 Å². The number of ether oxygens (including phenoxy) is 2. The highest BCUT2D eigenvalue weighted by Gasteiger charge is 2.27. The molecule has 0 saturated carbocycles. The summed E-state index contributed by atoms with van der Waals surface area (Å²) in [5.41, 5.74) is -0.594. The molecule has 1 amide bonds. The number of hydrogen-bond donors (Lipinski definition) is 2. The Morgan fingerprint density at radius 1 is 1.21 bits per heavy atom. The lowest BCUT2D eigenvalue weighted by Gasteiger charge is -2.30. The van der Waals surface area contributed by atoms with Crippen LogP contribution in [0.1, 0.15) is 54.4 Å². The Morgan fingerprint density at radius 2 is 1.79 bits per heavy atom. The highest BCUT2D eigenvalue weighted by atomic mass is 16.6. The second kappa shape index (κ2) is 10.3. The highest BCUT2D eigenvalue weighted by Crippen LogP contribution is 2.17.